The zero-order chi connectivity index (χ0) is 13.1. The van der Waals surface area contributed by atoms with E-state index < -0.39 is 0 Å². The molecule has 1 N–H and O–H groups in total. The van der Waals surface area contributed by atoms with Crippen molar-refractivity contribution < 1.29 is 0 Å². The van der Waals surface area contributed by atoms with Crippen LogP contribution in [0.5, 0.6) is 0 Å². The highest BCUT2D eigenvalue weighted by atomic mass is 79.9. The summed E-state index contributed by atoms with van der Waals surface area (Å²) in [4.78, 5) is 4.45. The standard InChI is InChI=1S/C14H20Br2N2/c1-9-4-3-5-13(10(9)2)18-8-14-12(16)6-11(15)7-17-14/h6-7,9-10,13,18H,3-5,8H2,1-2H3. The van der Waals surface area contributed by atoms with E-state index in [-0.39, 0.29) is 0 Å². The van der Waals surface area contributed by atoms with E-state index in [2.05, 4.69) is 62.1 Å². The molecule has 1 saturated carbocycles. The molecule has 3 atom stereocenters. The van der Waals surface area contributed by atoms with Gasteiger partial charge in [-0.1, -0.05) is 26.7 Å². The molecule has 1 aromatic heterocycles. The highest BCUT2D eigenvalue weighted by Crippen LogP contribution is 2.30. The molecule has 0 saturated heterocycles. The average Bonchev–Trinajstić information content (AvgIpc) is 2.33. The molecule has 0 aliphatic heterocycles. The maximum absolute atomic E-state index is 4.45. The van der Waals surface area contributed by atoms with Crippen LogP contribution in [-0.2, 0) is 6.54 Å². The zero-order valence-corrected chi connectivity index (χ0v) is 14.1. The second-order valence-electron chi connectivity index (χ2n) is 5.34. The van der Waals surface area contributed by atoms with Crippen LogP contribution < -0.4 is 5.32 Å². The molecule has 2 nitrogen and oxygen atoms in total. The van der Waals surface area contributed by atoms with Crippen molar-refractivity contribution >= 4 is 31.9 Å². The van der Waals surface area contributed by atoms with E-state index in [1.165, 1.54) is 19.3 Å². The molecule has 0 aromatic carbocycles. The molecule has 4 heteroatoms. The number of nitrogens with one attached hydrogen (secondary N) is 1. The molecule has 0 amide bonds. The quantitative estimate of drug-likeness (QED) is 0.839. The largest absolute Gasteiger partial charge is 0.308 e. The lowest BCUT2D eigenvalue weighted by Crippen LogP contribution is -2.40. The van der Waals surface area contributed by atoms with Crippen molar-refractivity contribution in [2.45, 2.75) is 45.7 Å². The molecule has 0 radical (unpaired) electrons. The first-order chi connectivity index (χ1) is 8.58. The lowest BCUT2D eigenvalue weighted by atomic mass is 9.78. The summed E-state index contributed by atoms with van der Waals surface area (Å²) in [6, 6.07) is 2.68. The second-order valence-corrected chi connectivity index (χ2v) is 7.11. The number of hydrogen-bond acceptors (Lipinski definition) is 2. The minimum atomic E-state index is 0.631. The van der Waals surface area contributed by atoms with Gasteiger partial charge in [0.1, 0.15) is 0 Å². The summed E-state index contributed by atoms with van der Waals surface area (Å²) in [6.07, 6.45) is 5.87. The van der Waals surface area contributed by atoms with Crippen LogP contribution in [-0.4, -0.2) is 11.0 Å². The van der Waals surface area contributed by atoms with Crippen LogP contribution >= 0.6 is 31.9 Å². The molecule has 2 rings (SSSR count). The van der Waals surface area contributed by atoms with Gasteiger partial charge in [0.25, 0.3) is 0 Å². The Balaban J connectivity index is 1.94. The first-order valence-electron chi connectivity index (χ1n) is 6.61. The second kappa shape index (κ2) is 6.49. The Morgan fingerprint density at radius 3 is 2.83 bits per heavy atom. The Labute approximate surface area is 126 Å². The van der Waals surface area contributed by atoms with Crippen LogP contribution in [0.4, 0.5) is 0 Å². The molecule has 0 bridgehead atoms. The Morgan fingerprint density at radius 1 is 1.33 bits per heavy atom. The maximum Gasteiger partial charge on any atom is 0.0684 e. The smallest absolute Gasteiger partial charge is 0.0684 e. The van der Waals surface area contributed by atoms with E-state index in [9.17, 15) is 0 Å². The Hall–Kier alpha value is 0.0700. The van der Waals surface area contributed by atoms with E-state index in [1.807, 2.05) is 6.20 Å². The monoisotopic (exact) mass is 374 g/mol. The summed E-state index contributed by atoms with van der Waals surface area (Å²) in [5.41, 5.74) is 1.09. The lowest BCUT2D eigenvalue weighted by Gasteiger charge is -2.34. The van der Waals surface area contributed by atoms with Gasteiger partial charge >= 0.3 is 0 Å². The van der Waals surface area contributed by atoms with Crippen molar-refractivity contribution in [3.05, 3.63) is 26.9 Å². The molecule has 1 aliphatic carbocycles. The Morgan fingerprint density at radius 2 is 2.11 bits per heavy atom. The average molecular weight is 376 g/mol. The van der Waals surface area contributed by atoms with Gasteiger partial charge in [-0.3, -0.25) is 4.98 Å². The Bertz CT molecular complexity index is 409. The van der Waals surface area contributed by atoms with Crippen LogP contribution in [0.25, 0.3) is 0 Å². The minimum absolute atomic E-state index is 0.631. The SMILES string of the molecule is CC1CCCC(NCc2ncc(Br)cc2Br)C1C. The first-order valence-corrected chi connectivity index (χ1v) is 8.20. The van der Waals surface area contributed by atoms with Crippen LogP contribution in [0.1, 0.15) is 38.8 Å². The van der Waals surface area contributed by atoms with Gasteiger partial charge < -0.3 is 5.32 Å². The molecule has 1 fully saturated rings. The van der Waals surface area contributed by atoms with Crippen molar-refractivity contribution in [3.63, 3.8) is 0 Å². The highest BCUT2D eigenvalue weighted by molar-refractivity contribution is 9.11. The fourth-order valence-electron chi connectivity index (χ4n) is 2.67. The zero-order valence-electron chi connectivity index (χ0n) is 10.9. The van der Waals surface area contributed by atoms with Crippen molar-refractivity contribution in [3.8, 4) is 0 Å². The van der Waals surface area contributed by atoms with Gasteiger partial charge in [-0.05, 0) is 56.2 Å². The number of rotatable bonds is 3. The number of pyridine rings is 1. The van der Waals surface area contributed by atoms with Gasteiger partial charge in [0.15, 0.2) is 0 Å². The molecule has 1 heterocycles. The van der Waals surface area contributed by atoms with Crippen molar-refractivity contribution in [2.24, 2.45) is 11.8 Å². The molecular weight excluding hydrogens is 356 g/mol. The maximum atomic E-state index is 4.45. The molecular formula is C14H20Br2N2. The lowest BCUT2D eigenvalue weighted by molar-refractivity contribution is 0.205. The number of aromatic nitrogens is 1. The third-order valence-electron chi connectivity index (χ3n) is 4.12. The summed E-state index contributed by atoms with van der Waals surface area (Å²) in [5.74, 6) is 1.59. The van der Waals surface area contributed by atoms with Gasteiger partial charge in [-0.25, -0.2) is 0 Å². The van der Waals surface area contributed by atoms with E-state index in [0.29, 0.717) is 6.04 Å². The molecule has 100 valence electrons. The number of hydrogen-bond donors (Lipinski definition) is 1. The summed E-state index contributed by atoms with van der Waals surface area (Å²) in [5, 5.41) is 3.67. The van der Waals surface area contributed by atoms with Crippen LogP contribution in [0.2, 0.25) is 0 Å². The van der Waals surface area contributed by atoms with E-state index >= 15 is 0 Å². The number of nitrogens with zero attached hydrogens (tertiary/aromatic N) is 1. The van der Waals surface area contributed by atoms with Crippen molar-refractivity contribution in [2.75, 3.05) is 0 Å². The predicted molar refractivity (Wildman–Crippen MR) is 82.4 cm³/mol. The third-order valence-corrected chi connectivity index (χ3v) is 5.24. The van der Waals surface area contributed by atoms with Gasteiger partial charge in [0.05, 0.1) is 5.69 Å². The van der Waals surface area contributed by atoms with Crippen LogP contribution in [0, 0.1) is 11.8 Å². The third kappa shape index (κ3) is 3.55. The van der Waals surface area contributed by atoms with E-state index in [0.717, 1.165) is 33.0 Å². The summed E-state index contributed by atoms with van der Waals surface area (Å²) >= 11 is 7.00. The summed E-state index contributed by atoms with van der Waals surface area (Å²) in [6.45, 7) is 5.58. The molecule has 1 aromatic rings. The van der Waals surface area contributed by atoms with Crippen LogP contribution in [0.15, 0.2) is 21.2 Å². The summed E-state index contributed by atoms with van der Waals surface area (Å²) < 4.78 is 2.08. The predicted octanol–water partition coefficient (Wildman–Crippen LogP) is 4.52. The van der Waals surface area contributed by atoms with E-state index in [1.54, 1.807) is 0 Å². The van der Waals surface area contributed by atoms with Gasteiger partial charge in [0.2, 0.25) is 0 Å². The van der Waals surface area contributed by atoms with Gasteiger partial charge in [0, 0.05) is 27.7 Å². The van der Waals surface area contributed by atoms with Gasteiger partial charge in [-0.15, -0.1) is 0 Å². The van der Waals surface area contributed by atoms with Crippen molar-refractivity contribution in [1.29, 1.82) is 0 Å². The minimum Gasteiger partial charge on any atom is -0.308 e. The normalized spacial score (nSPS) is 28.3. The fraction of sp³-hybridized carbons (Fsp3) is 0.643. The van der Waals surface area contributed by atoms with Crippen LogP contribution in [0.3, 0.4) is 0 Å². The Kier molecular flexibility index (Phi) is 5.22. The molecule has 18 heavy (non-hydrogen) atoms. The van der Waals surface area contributed by atoms with E-state index in [4.69, 9.17) is 0 Å². The summed E-state index contributed by atoms with van der Waals surface area (Å²) in [7, 11) is 0. The highest BCUT2D eigenvalue weighted by Gasteiger charge is 2.26. The topological polar surface area (TPSA) is 24.9 Å². The molecule has 1 aliphatic rings. The van der Waals surface area contributed by atoms with Crippen molar-refractivity contribution in [1.82, 2.24) is 10.3 Å². The molecule has 0 spiro atoms. The number of halogens is 2. The van der Waals surface area contributed by atoms with Gasteiger partial charge in [-0.2, -0.15) is 0 Å². The first kappa shape index (κ1) is 14.5. The molecule has 3 unspecified atom stereocenters. The fourth-order valence-corrected chi connectivity index (χ4v) is 3.80.